The largest absolute Gasteiger partial charge is 0.378 e. The molecule has 1 amide bonds. The van der Waals surface area contributed by atoms with E-state index in [2.05, 4.69) is 21.7 Å². The predicted molar refractivity (Wildman–Crippen MR) is 89.3 cm³/mol. The second-order valence-corrected chi connectivity index (χ2v) is 5.84. The Labute approximate surface area is 136 Å². The van der Waals surface area contributed by atoms with E-state index in [0.717, 1.165) is 24.2 Å². The van der Waals surface area contributed by atoms with Gasteiger partial charge in [0.1, 0.15) is 0 Å². The lowest BCUT2D eigenvalue weighted by atomic mass is 10.0. The number of nitrogens with zero attached hydrogens (tertiary/aromatic N) is 1. The molecule has 120 valence electrons. The molecule has 0 unspecified atom stereocenters. The number of methoxy groups -OCH3 is 1. The molecular weight excluding hydrogens is 290 g/mol. The summed E-state index contributed by atoms with van der Waals surface area (Å²) < 4.78 is 5.37. The van der Waals surface area contributed by atoms with Gasteiger partial charge in [-0.15, -0.1) is 0 Å². The summed E-state index contributed by atoms with van der Waals surface area (Å²) in [5.41, 5.74) is 3.74. The van der Waals surface area contributed by atoms with Crippen molar-refractivity contribution in [2.24, 2.45) is 0 Å². The number of aromatic nitrogens is 1. The first-order valence-electron chi connectivity index (χ1n) is 7.74. The summed E-state index contributed by atoms with van der Waals surface area (Å²) in [5.74, 6) is -0.122. The maximum absolute atomic E-state index is 12.5. The number of carbonyl (C=O) groups is 1. The van der Waals surface area contributed by atoms with Crippen LogP contribution in [0.25, 0.3) is 11.1 Å². The summed E-state index contributed by atoms with van der Waals surface area (Å²) in [6.45, 7) is 3.52. The molecule has 1 saturated heterocycles. The summed E-state index contributed by atoms with van der Waals surface area (Å²) >= 11 is 0. The Morgan fingerprint density at radius 2 is 2.13 bits per heavy atom. The first kappa shape index (κ1) is 15.6. The van der Waals surface area contributed by atoms with Gasteiger partial charge in [0.05, 0.1) is 17.7 Å². The van der Waals surface area contributed by atoms with Crippen LogP contribution in [0.2, 0.25) is 0 Å². The molecule has 3 rings (SSSR count). The zero-order valence-electron chi connectivity index (χ0n) is 13.4. The average Bonchev–Trinajstić information content (AvgIpc) is 3.02. The number of carbonyl (C=O) groups excluding carboxylic acids is 1. The van der Waals surface area contributed by atoms with Gasteiger partial charge in [-0.2, -0.15) is 0 Å². The first-order chi connectivity index (χ1) is 11.2. The number of ether oxygens (including phenoxy) is 1. The molecule has 1 aromatic heterocycles. The maximum Gasteiger partial charge on any atom is 0.253 e. The van der Waals surface area contributed by atoms with E-state index in [0.29, 0.717) is 5.56 Å². The van der Waals surface area contributed by atoms with E-state index in [1.807, 2.05) is 31.2 Å². The van der Waals surface area contributed by atoms with E-state index in [4.69, 9.17) is 4.74 Å². The highest BCUT2D eigenvalue weighted by Crippen LogP contribution is 2.20. The fourth-order valence-electron chi connectivity index (χ4n) is 2.84. The standard InChI is InChI=1S/C18H21N3O2/c1-12-4-3-5-13(6-12)14-7-15(9-19-8-14)18(22)21-16-10-20-11-17(16)23-2/h3-9,16-17,20H,10-11H2,1-2H3,(H,21,22)/t16-,17-/m0/s1. The molecule has 0 spiro atoms. The minimum Gasteiger partial charge on any atom is -0.378 e. The molecule has 2 N–H and O–H groups in total. The molecule has 2 atom stereocenters. The predicted octanol–water partition coefficient (Wildman–Crippen LogP) is 1.77. The van der Waals surface area contributed by atoms with E-state index >= 15 is 0 Å². The summed E-state index contributed by atoms with van der Waals surface area (Å²) in [6, 6.07) is 10.0. The number of pyridine rings is 1. The quantitative estimate of drug-likeness (QED) is 0.903. The molecule has 0 aliphatic carbocycles. The second-order valence-electron chi connectivity index (χ2n) is 5.84. The highest BCUT2D eigenvalue weighted by atomic mass is 16.5. The van der Waals surface area contributed by atoms with Crippen molar-refractivity contribution in [1.29, 1.82) is 0 Å². The van der Waals surface area contributed by atoms with Crippen LogP contribution in [0, 0.1) is 6.92 Å². The van der Waals surface area contributed by atoms with Crippen LogP contribution in [0.1, 0.15) is 15.9 Å². The van der Waals surface area contributed by atoms with Crippen molar-refractivity contribution in [1.82, 2.24) is 15.6 Å². The SMILES string of the molecule is CO[C@H]1CNC[C@@H]1NC(=O)c1cncc(-c2cccc(C)c2)c1. The number of benzene rings is 1. The minimum atomic E-state index is -0.122. The van der Waals surface area contributed by atoms with Gasteiger partial charge in [0.2, 0.25) is 0 Å². The van der Waals surface area contributed by atoms with Gasteiger partial charge in [-0.05, 0) is 18.6 Å². The molecule has 1 aliphatic heterocycles. The zero-order valence-corrected chi connectivity index (χ0v) is 13.4. The van der Waals surface area contributed by atoms with E-state index in [1.54, 1.807) is 19.5 Å². The van der Waals surface area contributed by atoms with Crippen molar-refractivity contribution in [3.8, 4) is 11.1 Å². The molecule has 23 heavy (non-hydrogen) atoms. The Kier molecular flexibility index (Phi) is 4.69. The molecular formula is C18H21N3O2. The van der Waals surface area contributed by atoms with Gasteiger partial charge in [0.15, 0.2) is 0 Å². The molecule has 5 nitrogen and oxygen atoms in total. The number of amides is 1. The van der Waals surface area contributed by atoms with Crippen LogP contribution >= 0.6 is 0 Å². The van der Waals surface area contributed by atoms with Crippen molar-refractivity contribution in [2.75, 3.05) is 20.2 Å². The lowest BCUT2D eigenvalue weighted by Gasteiger charge is -2.18. The zero-order chi connectivity index (χ0) is 16.2. The van der Waals surface area contributed by atoms with Crippen LogP contribution in [-0.4, -0.2) is 43.2 Å². The molecule has 1 aromatic carbocycles. The highest BCUT2D eigenvalue weighted by molar-refractivity contribution is 5.95. The Morgan fingerprint density at radius 3 is 2.91 bits per heavy atom. The number of aryl methyl sites for hydroxylation is 1. The van der Waals surface area contributed by atoms with Crippen LogP contribution in [0.15, 0.2) is 42.7 Å². The summed E-state index contributed by atoms with van der Waals surface area (Å²) in [7, 11) is 1.66. The molecule has 0 saturated carbocycles. The van der Waals surface area contributed by atoms with Crippen LogP contribution in [0.4, 0.5) is 0 Å². The van der Waals surface area contributed by atoms with E-state index in [1.165, 1.54) is 5.56 Å². The van der Waals surface area contributed by atoms with Gasteiger partial charge in [-0.1, -0.05) is 29.8 Å². The molecule has 1 fully saturated rings. The Hall–Kier alpha value is -2.24. The molecule has 0 radical (unpaired) electrons. The third-order valence-electron chi connectivity index (χ3n) is 4.13. The van der Waals surface area contributed by atoms with E-state index in [9.17, 15) is 4.79 Å². The van der Waals surface area contributed by atoms with Crippen molar-refractivity contribution >= 4 is 5.91 Å². The monoisotopic (exact) mass is 311 g/mol. The lowest BCUT2D eigenvalue weighted by molar-refractivity contribution is 0.0779. The molecule has 2 heterocycles. The normalized spacial score (nSPS) is 20.4. The summed E-state index contributed by atoms with van der Waals surface area (Å²) in [4.78, 5) is 16.7. The van der Waals surface area contributed by atoms with Crippen molar-refractivity contribution < 1.29 is 9.53 Å². The maximum atomic E-state index is 12.5. The fraction of sp³-hybridized carbons (Fsp3) is 0.333. The number of hydrogen-bond acceptors (Lipinski definition) is 4. The number of rotatable bonds is 4. The third kappa shape index (κ3) is 3.57. The van der Waals surface area contributed by atoms with Crippen molar-refractivity contribution in [2.45, 2.75) is 19.1 Å². The Bertz CT molecular complexity index is 702. The second kappa shape index (κ2) is 6.89. The van der Waals surface area contributed by atoms with Crippen molar-refractivity contribution in [3.63, 3.8) is 0 Å². The third-order valence-corrected chi connectivity index (χ3v) is 4.13. The Balaban J connectivity index is 1.78. The molecule has 0 bridgehead atoms. The van der Waals surface area contributed by atoms with Crippen LogP contribution in [-0.2, 0) is 4.74 Å². The van der Waals surface area contributed by atoms with Gasteiger partial charge >= 0.3 is 0 Å². The first-order valence-corrected chi connectivity index (χ1v) is 7.74. The van der Waals surface area contributed by atoms with Gasteiger partial charge in [0.25, 0.3) is 5.91 Å². The number of nitrogens with one attached hydrogen (secondary N) is 2. The average molecular weight is 311 g/mol. The van der Waals surface area contributed by atoms with Gasteiger partial charge < -0.3 is 15.4 Å². The van der Waals surface area contributed by atoms with Gasteiger partial charge in [-0.3, -0.25) is 9.78 Å². The van der Waals surface area contributed by atoms with Crippen molar-refractivity contribution in [3.05, 3.63) is 53.9 Å². The van der Waals surface area contributed by atoms with Crippen LogP contribution < -0.4 is 10.6 Å². The molecule has 1 aliphatic rings. The van der Waals surface area contributed by atoms with Gasteiger partial charge in [0, 0.05) is 38.2 Å². The van der Waals surface area contributed by atoms with Crippen LogP contribution in [0.3, 0.4) is 0 Å². The van der Waals surface area contributed by atoms with E-state index < -0.39 is 0 Å². The topological polar surface area (TPSA) is 63.2 Å². The summed E-state index contributed by atoms with van der Waals surface area (Å²) in [5, 5.41) is 6.24. The highest BCUT2D eigenvalue weighted by Gasteiger charge is 2.28. The molecule has 5 heteroatoms. The number of hydrogen-bond donors (Lipinski definition) is 2. The van der Waals surface area contributed by atoms with Crippen LogP contribution in [0.5, 0.6) is 0 Å². The summed E-state index contributed by atoms with van der Waals surface area (Å²) in [6.07, 6.45) is 3.38. The van der Waals surface area contributed by atoms with E-state index in [-0.39, 0.29) is 18.1 Å². The lowest BCUT2D eigenvalue weighted by Crippen LogP contribution is -2.43. The Morgan fingerprint density at radius 1 is 1.26 bits per heavy atom. The fourth-order valence-corrected chi connectivity index (χ4v) is 2.84. The smallest absolute Gasteiger partial charge is 0.253 e. The minimum absolute atomic E-state index is 0.00636. The van der Waals surface area contributed by atoms with Gasteiger partial charge in [-0.25, -0.2) is 0 Å². The molecule has 2 aromatic rings.